The summed E-state index contributed by atoms with van der Waals surface area (Å²) in [7, 11) is 0. The molecular formula is C16H13F6N3. The molecule has 0 aliphatic carbocycles. The molecule has 0 spiro atoms. The van der Waals surface area contributed by atoms with E-state index in [1.165, 1.54) is 12.1 Å². The number of nitrogens with two attached hydrogens (primary N) is 1. The van der Waals surface area contributed by atoms with E-state index in [2.05, 4.69) is 5.32 Å². The van der Waals surface area contributed by atoms with Crippen LogP contribution in [0.1, 0.15) is 22.3 Å². The molecule has 0 aliphatic rings. The number of halogens is 6. The van der Waals surface area contributed by atoms with Crippen LogP contribution in [0.25, 0.3) is 0 Å². The molecule has 2 rings (SSSR count). The zero-order chi connectivity index (χ0) is 18.8. The monoisotopic (exact) mass is 361 g/mol. The maximum Gasteiger partial charge on any atom is 0.416 e. The molecule has 2 aromatic rings. The minimum Gasteiger partial charge on any atom is -0.398 e. The molecular weight excluding hydrogens is 348 g/mol. The van der Waals surface area contributed by atoms with E-state index in [9.17, 15) is 26.3 Å². The van der Waals surface area contributed by atoms with Crippen LogP contribution < -0.4 is 11.1 Å². The highest BCUT2D eigenvalue weighted by Gasteiger charge is 2.32. The second kappa shape index (κ2) is 6.66. The summed E-state index contributed by atoms with van der Waals surface area (Å²) in [5.74, 6) is 0. The largest absolute Gasteiger partial charge is 0.416 e. The van der Waals surface area contributed by atoms with E-state index < -0.39 is 23.5 Å². The summed E-state index contributed by atoms with van der Waals surface area (Å²) < 4.78 is 76.7. The topological polar surface area (TPSA) is 61.9 Å². The Bertz CT molecular complexity index is 780. The third kappa shape index (κ3) is 4.43. The van der Waals surface area contributed by atoms with Gasteiger partial charge in [0, 0.05) is 29.7 Å². The Morgan fingerprint density at radius 1 is 0.960 bits per heavy atom. The maximum atomic E-state index is 12.9. The van der Waals surface area contributed by atoms with Crippen LogP contribution in [0.2, 0.25) is 0 Å². The molecule has 0 unspecified atom stereocenters. The van der Waals surface area contributed by atoms with Gasteiger partial charge in [0.05, 0.1) is 11.1 Å². The van der Waals surface area contributed by atoms with Crippen LogP contribution in [0.5, 0.6) is 0 Å². The first kappa shape index (κ1) is 18.6. The van der Waals surface area contributed by atoms with Gasteiger partial charge >= 0.3 is 12.4 Å². The molecule has 0 heterocycles. The molecule has 0 bridgehead atoms. The first-order valence-electron chi connectivity index (χ1n) is 6.93. The Morgan fingerprint density at radius 2 is 1.60 bits per heavy atom. The van der Waals surface area contributed by atoms with Crippen LogP contribution in [-0.4, -0.2) is 6.21 Å². The third-order valence-electron chi connectivity index (χ3n) is 3.42. The lowest BCUT2D eigenvalue weighted by atomic mass is 10.1. The predicted octanol–water partition coefficient (Wildman–Crippen LogP) is 4.92. The first-order valence-corrected chi connectivity index (χ1v) is 6.93. The number of hydrogen-bond acceptors (Lipinski definition) is 3. The highest BCUT2D eigenvalue weighted by Crippen LogP contribution is 2.35. The van der Waals surface area contributed by atoms with Crippen molar-refractivity contribution in [3.05, 3.63) is 58.7 Å². The molecule has 9 heteroatoms. The minimum absolute atomic E-state index is 0.0278. The quantitative estimate of drug-likeness (QED) is 0.411. The normalized spacial score (nSPS) is 12.1. The van der Waals surface area contributed by atoms with Crippen LogP contribution in [0, 0.1) is 5.41 Å². The minimum atomic E-state index is -4.64. The fraction of sp³-hybridized carbons (Fsp3) is 0.188. The molecule has 0 fully saturated rings. The highest BCUT2D eigenvalue weighted by molar-refractivity contribution is 5.93. The van der Waals surface area contributed by atoms with Gasteiger partial charge in [0.25, 0.3) is 0 Å². The van der Waals surface area contributed by atoms with Crippen molar-refractivity contribution in [1.82, 2.24) is 0 Å². The molecule has 0 aliphatic heterocycles. The van der Waals surface area contributed by atoms with Crippen molar-refractivity contribution in [2.45, 2.75) is 18.9 Å². The van der Waals surface area contributed by atoms with Gasteiger partial charge in [0.15, 0.2) is 0 Å². The van der Waals surface area contributed by atoms with Crippen LogP contribution in [0.15, 0.2) is 36.4 Å². The van der Waals surface area contributed by atoms with Crippen molar-refractivity contribution >= 4 is 17.6 Å². The SMILES string of the molecule is N=Cc1c(N)cc(C(F)(F)F)cc1NCc1cccc(C(F)(F)F)c1. The molecule has 0 atom stereocenters. The van der Waals surface area contributed by atoms with Crippen LogP contribution in [0.3, 0.4) is 0 Å². The zero-order valence-corrected chi connectivity index (χ0v) is 12.6. The maximum absolute atomic E-state index is 12.9. The number of nitrogens with one attached hydrogen (secondary N) is 2. The van der Waals surface area contributed by atoms with Gasteiger partial charge in [-0.05, 0) is 29.8 Å². The van der Waals surface area contributed by atoms with E-state index in [0.717, 1.165) is 24.4 Å². The van der Waals surface area contributed by atoms with Crippen LogP contribution in [0.4, 0.5) is 37.7 Å². The van der Waals surface area contributed by atoms with Gasteiger partial charge < -0.3 is 16.5 Å². The van der Waals surface area contributed by atoms with E-state index in [4.69, 9.17) is 11.1 Å². The van der Waals surface area contributed by atoms with E-state index in [0.29, 0.717) is 6.07 Å². The Morgan fingerprint density at radius 3 is 2.16 bits per heavy atom. The summed E-state index contributed by atoms with van der Waals surface area (Å²) >= 11 is 0. The molecule has 134 valence electrons. The first-order chi connectivity index (χ1) is 11.5. The smallest absolute Gasteiger partial charge is 0.398 e. The standard InChI is InChI=1S/C16H13F6N3/c17-15(18,19)10-3-1-2-9(4-10)8-25-14-6-11(16(20,21)22)5-13(24)12(14)7-23/h1-7,23,25H,8,24H2. The van der Waals surface area contributed by atoms with Crippen molar-refractivity contribution in [2.24, 2.45) is 0 Å². The zero-order valence-electron chi connectivity index (χ0n) is 12.6. The third-order valence-corrected chi connectivity index (χ3v) is 3.42. The van der Waals surface area contributed by atoms with Gasteiger partial charge in [0.1, 0.15) is 0 Å². The van der Waals surface area contributed by atoms with Gasteiger partial charge in [-0.1, -0.05) is 12.1 Å². The average Bonchev–Trinajstić information content (AvgIpc) is 2.51. The molecule has 2 aromatic carbocycles. The predicted molar refractivity (Wildman–Crippen MR) is 82.5 cm³/mol. The highest BCUT2D eigenvalue weighted by atomic mass is 19.4. The van der Waals surface area contributed by atoms with Gasteiger partial charge in [-0.2, -0.15) is 26.3 Å². The number of nitrogen functional groups attached to an aromatic ring is 1. The lowest BCUT2D eigenvalue weighted by Gasteiger charge is -2.16. The fourth-order valence-corrected chi connectivity index (χ4v) is 2.20. The number of alkyl halides is 6. The molecule has 0 radical (unpaired) electrons. The molecule has 3 nitrogen and oxygen atoms in total. The number of rotatable bonds is 4. The molecule has 4 N–H and O–H groups in total. The van der Waals surface area contributed by atoms with E-state index in [1.807, 2.05) is 0 Å². The van der Waals surface area contributed by atoms with E-state index in [-0.39, 0.29) is 29.0 Å². The summed E-state index contributed by atoms with van der Waals surface area (Å²) in [6.45, 7) is -0.161. The van der Waals surface area contributed by atoms with Gasteiger partial charge in [-0.3, -0.25) is 0 Å². The Hall–Kier alpha value is -2.71. The number of benzene rings is 2. The molecule has 25 heavy (non-hydrogen) atoms. The van der Waals surface area contributed by atoms with Crippen molar-refractivity contribution in [1.29, 1.82) is 5.41 Å². The fourth-order valence-electron chi connectivity index (χ4n) is 2.20. The summed E-state index contributed by atoms with van der Waals surface area (Å²) in [5.41, 5.74) is 3.58. The van der Waals surface area contributed by atoms with Crippen molar-refractivity contribution in [3.63, 3.8) is 0 Å². The lowest BCUT2D eigenvalue weighted by Crippen LogP contribution is -2.11. The summed E-state index contributed by atoms with van der Waals surface area (Å²) in [5, 5.41) is 9.89. The molecule has 0 saturated heterocycles. The summed E-state index contributed by atoms with van der Waals surface area (Å²) in [4.78, 5) is 0. The molecule has 0 aromatic heterocycles. The number of anilines is 2. The number of hydrogen-bond donors (Lipinski definition) is 3. The second-order valence-electron chi connectivity index (χ2n) is 5.22. The van der Waals surface area contributed by atoms with Gasteiger partial charge in [-0.15, -0.1) is 0 Å². The van der Waals surface area contributed by atoms with Gasteiger partial charge in [-0.25, -0.2) is 0 Å². The van der Waals surface area contributed by atoms with Crippen molar-refractivity contribution in [2.75, 3.05) is 11.1 Å². The van der Waals surface area contributed by atoms with Gasteiger partial charge in [0.2, 0.25) is 0 Å². The van der Waals surface area contributed by atoms with Crippen molar-refractivity contribution in [3.8, 4) is 0 Å². The average molecular weight is 361 g/mol. The van der Waals surface area contributed by atoms with E-state index in [1.54, 1.807) is 0 Å². The molecule has 0 amide bonds. The lowest BCUT2D eigenvalue weighted by molar-refractivity contribution is -0.138. The van der Waals surface area contributed by atoms with Crippen LogP contribution in [-0.2, 0) is 18.9 Å². The van der Waals surface area contributed by atoms with Crippen molar-refractivity contribution < 1.29 is 26.3 Å². The molecule has 0 saturated carbocycles. The Labute approximate surface area is 139 Å². The summed E-state index contributed by atoms with van der Waals surface area (Å²) in [6.07, 6.45) is -8.37. The summed E-state index contributed by atoms with van der Waals surface area (Å²) in [6, 6.07) is 5.88. The Balaban J connectivity index is 2.31. The Kier molecular flexibility index (Phi) is 4.96. The van der Waals surface area contributed by atoms with E-state index >= 15 is 0 Å². The van der Waals surface area contributed by atoms with Crippen LogP contribution >= 0.6 is 0 Å². The second-order valence-corrected chi connectivity index (χ2v) is 5.22.